The Morgan fingerprint density at radius 3 is 2.47 bits per heavy atom. The van der Waals surface area contributed by atoms with Gasteiger partial charge in [-0.1, -0.05) is 6.92 Å². The van der Waals surface area contributed by atoms with E-state index in [9.17, 15) is 14.4 Å². The van der Waals surface area contributed by atoms with Crippen LogP contribution in [-0.2, 0) is 0 Å². The lowest BCUT2D eigenvalue weighted by atomic mass is 10.00. The number of anilines is 2. The Bertz CT molecular complexity index is 1300. The van der Waals surface area contributed by atoms with Crippen LogP contribution in [0.1, 0.15) is 52.0 Å². The number of carbonyl (C=O) groups excluding carboxylic acids is 3. The molecule has 0 radical (unpaired) electrons. The van der Waals surface area contributed by atoms with E-state index in [1.54, 1.807) is 38.4 Å². The van der Waals surface area contributed by atoms with Crippen molar-refractivity contribution in [3.8, 4) is 5.75 Å². The maximum absolute atomic E-state index is 15.1. The molecular formula is C25H23BrFN5O4. The molecule has 0 spiro atoms. The van der Waals surface area contributed by atoms with Crippen LogP contribution in [-0.4, -0.2) is 40.8 Å². The molecule has 9 nitrogen and oxygen atoms in total. The lowest BCUT2D eigenvalue weighted by molar-refractivity contribution is 0.0729. The summed E-state index contributed by atoms with van der Waals surface area (Å²) in [5.74, 6) is -1.40. The number of aromatic nitrogens is 2. The smallest absolute Gasteiger partial charge is 0.345 e. The van der Waals surface area contributed by atoms with Crippen LogP contribution < -0.4 is 20.7 Å². The van der Waals surface area contributed by atoms with Gasteiger partial charge in [0.15, 0.2) is 5.78 Å². The maximum Gasteiger partial charge on any atom is 0.345 e. The molecule has 3 N–H and O–H groups in total. The fourth-order valence-corrected chi connectivity index (χ4v) is 3.93. The van der Waals surface area contributed by atoms with Gasteiger partial charge in [-0.3, -0.25) is 10.1 Å². The molecule has 2 aromatic heterocycles. The Labute approximate surface area is 215 Å². The van der Waals surface area contributed by atoms with Crippen molar-refractivity contribution in [3.05, 3.63) is 75.8 Å². The van der Waals surface area contributed by atoms with Gasteiger partial charge in [-0.25, -0.2) is 23.9 Å². The van der Waals surface area contributed by atoms with E-state index in [-0.39, 0.29) is 34.6 Å². The van der Waals surface area contributed by atoms with Crippen LogP contribution in [0.3, 0.4) is 0 Å². The van der Waals surface area contributed by atoms with Gasteiger partial charge < -0.3 is 15.4 Å². The van der Waals surface area contributed by atoms with Crippen molar-refractivity contribution in [1.29, 1.82) is 0 Å². The Hall–Kier alpha value is -3.86. The molecule has 2 atom stereocenters. The first-order valence-electron chi connectivity index (χ1n) is 11.2. The van der Waals surface area contributed by atoms with Crippen LogP contribution in [0.15, 0.2) is 53.3 Å². The van der Waals surface area contributed by atoms with E-state index in [4.69, 9.17) is 4.74 Å². The number of Topliss-reactive ketones (excluding diaryl/α,β-unsaturated/α-hetero) is 1. The van der Waals surface area contributed by atoms with Crippen molar-refractivity contribution in [2.24, 2.45) is 0 Å². The van der Waals surface area contributed by atoms with Gasteiger partial charge in [-0.15, -0.1) is 0 Å². The number of hydrogen-bond acceptors (Lipinski definition) is 7. The number of ketones is 1. The zero-order valence-electron chi connectivity index (χ0n) is 19.5. The largest absolute Gasteiger partial charge is 0.422 e. The molecule has 0 bridgehead atoms. The van der Waals surface area contributed by atoms with Gasteiger partial charge in [0.1, 0.15) is 23.2 Å². The summed E-state index contributed by atoms with van der Waals surface area (Å²) in [7, 11) is 1.69. The van der Waals surface area contributed by atoms with Crippen LogP contribution >= 0.6 is 15.9 Å². The minimum absolute atomic E-state index is 0.0783. The maximum atomic E-state index is 15.1. The molecule has 1 aliphatic rings. The van der Waals surface area contributed by atoms with Crippen molar-refractivity contribution < 1.29 is 23.5 Å². The predicted molar refractivity (Wildman–Crippen MR) is 135 cm³/mol. The molecule has 2 heterocycles. The van der Waals surface area contributed by atoms with E-state index in [1.165, 1.54) is 24.4 Å². The fraction of sp³-hybridized carbons (Fsp3) is 0.240. The predicted octanol–water partition coefficient (Wildman–Crippen LogP) is 4.91. The highest BCUT2D eigenvalue weighted by molar-refractivity contribution is 9.10. The van der Waals surface area contributed by atoms with E-state index < -0.39 is 29.8 Å². The summed E-state index contributed by atoms with van der Waals surface area (Å²) in [6.07, 6.45) is 3.42. The lowest BCUT2D eigenvalue weighted by Crippen LogP contribution is -2.31. The number of ether oxygens (including phenoxy) is 1. The SMILES string of the molecule is CCC(=O)c1ccc(F)c([C@@H]2C[C@@H]2NC(=O)Nc2ccc(Br)cn2)c1OC(=O)c1ccc(NC)nc1. The zero-order chi connectivity index (χ0) is 25.8. The third kappa shape index (κ3) is 5.68. The van der Waals surface area contributed by atoms with E-state index in [0.29, 0.717) is 18.1 Å². The number of nitrogens with zero attached hydrogens (tertiary/aromatic N) is 2. The summed E-state index contributed by atoms with van der Waals surface area (Å²) in [4.78, 5) is 46.1. The van der Waals surface area contributed by atoms with Crippen molar-refractivity contribution in [2.45, 2.75) is 31.7 Å². The highest BCUT2D eigenvalue weighted by atomic mass is 79.9. The van der Waals surface area contributed by atoms with E-state index in [2.05, 4.69) is 41.8 Å². The second kappa shape index (κ2) is 10.8. The second-order valence-corrected chi connectivity index (χ2v) is 9.01. The normalized spacial score (nSPS) is 16.1. The second-order valence-electron chi connectivity index (χ2n) is 8.09. The third-order valence-corrected chi connectivity index (χ3v) is 6.13. The minimum Gasteiger partial charge on any atom is -0.422 e. The molecule has 3 aromatic rings. The topological polar surface area (TPSA) is 122 Å². The highest BCUT2D eigenvalue weighted by Gasteiger charge is 2.44. The summed E-state index contributed by atoms with van der Waals surface area (Å²) < 4.78 is 21.4. The van der Waals surface area contributed by atoms with Gasteiger partial charge in [0.05, 0.1) is 11.1 Å². The number of carbonyl (C=O) groups is 3. The lowest BCUT2D eigenvalue weighted by Gasteiger charge is -2.15. The van der Waals surface area contributed by atoms with Crippen LogP contribution in [0.4, 0.5) is 20.8 Å². The molecule has 0 aliphatic heterocycles. The number of benzene rings is 1. The minimum atomic E-state index is -0.772. The Kier molecular flexibility index (Phi) is 7.58. The summed E-state index contributed by atoms with van der Waals surface area (Å²) in [6, 6.07) is 8.04. The Balaban J connectivity index is 1.56. The quantitative estimate of drug-likeness (QED) is 0.205. The Morgan fingerprint density at radius 2 is 1.83 bits per heavy atom. The van der Waals surface area contributed by atoms with Gasteiger partial charge >= 0.3 is 12.0 Å². The zero-order valence-corrected chi connectivity index (χ0v) is 21.1. The molecule has 0 saturated heterocycles. The number of rotatable bonds is 8. The van der Waals surface area contributed by atoms with Gasteiger partial charge in [0.2, 0.25) is 0 Å². The molecule has 1 aliphatic carbocycles. The summed E-state index contributed by atoms with van der Waals surface area (Å²) in [5, 5.41) is 8.23. The summed E-state index contributed by atoms with van der Waals surface area (Å²) in [6.45, 7) is 1.67. The summed E-state index contributed by atoms with van der Waals surface area (Å²) in [5.41, 5.74) is 0.330. The molecule has 36 heavy (non-hydrogen) atoms. The number of amides is 2. The molecule has 2 amide bonds. The van der Waals surface area contributed by atoms with E-state index >= 15 is 4.39 Å². The van der Waals surface area contributed by atoms with Crippen LogP contribution in [0.25, 0.3) is 0 Å². The number of pyridine rings is 2. The van der Waals surface area contributed by atoms with Crippen LogP contribution in [0, 0.1) is 5.82 Å². The summed E-state index contributed by atoms with van der Waals surface area (Å²) >= 11 is 3.28. The first kappa shape index (κ1) is 25.2. The standard InChI is InChI=1S/C25H23BrFN5O4/c1-3-19(33)15-6-7-17(27)22(23(15)36-24(34)13-4-8-20(28-2)29-11-13)16-10-18(16)31-25(35)32-21-9-5-14(26)12-30-21/h4-9,11-12,16,18H,3,10H2,1-2H3,(H,28,29)(H2,30,31,32,35)/t16-,18+/m1/s1. The molecule has 186 valence electrons. The molecule has 11 heteroatoms. The van der Waals surface area contributed by atoms with Crippen molar-refractivity contribution in [1.82, 2.24) is 15.3 Å². The third-order valence-electron chi connectivity index (χ3n) is 5.66. The first-order chi connectivity index (χ1) is 17.3. The first-order valence-corrected chi connectivity index (χ1v) is 12.0. The molecule has 1 fully saturated rings. The Morgan fingerprint density at radius 1 is 1.08 bits per heavy atom. The van der Waals surface area contributed by atoms with Crippen molar-refractivity contribution >= 4 is 45.3 Å². The van der Waals surface area contributed by atoms with Crippen molar-refractivity contribution in [3.63, 3.8) is 0 Å². The van der Waals surface area contributed by atoms with Crippen molar-refractivity contribution in [2.75, 3.05) is 17.7 Å². The average Bonchev–Trinajstić information content (AvgIpc) is 3.63. The number of esters is 1. The molecule has 1 saturated carbocycles. The van der Waals surface area contributed by atoms with Gasteiger partial charge in [0, 0.05) is 47.9 Å². The van der Waals surface area contributed by atoms with Gasteiger partial charge in [-0.05, 0) is 58.7 Å². The monoisotopic (exact) mass is 555 g/mol. The number of hydrogen-bond donors (Lipinski definition) is 3. The molecular weight excluding hydrogens is 533 g/mol. The number of nitrogens with one attached hydrogen (secondary N) is 3. The number of halogens is 2. The van der Waals surface area contributed by atoms with Gasteiger partial charge in [0.25, 0.3) is 0 Å². The average molecular weight is 556 g/mol. The van der Waals surface area contributed by atoms with Gasteiger partial charge in [-0.2, -0.15) is 0 Å². The molecule has 4 rings (SSSR count). The van der Waals surface area contributed by atoms with E-state index in [0.717, 1.165) is 4.47 Å². The fourth-order valence-electron chi connectivity index (χ4n) is 3.70. The van der Waals surface area contributed by atoms with Crippen LogP contribution in [0.2, 0.25) is 0 Å². The molecule has 0 unspecified atom stereocenters. The molecule has 1 aromatic carbocycles. The van der Waals surface area contributed by atoms with E-state index in [1.807, 2.05) is 0 Å². The van der Waals surface area contributed by atoms with Crippen LogP contribution in [0.5, 0.6) is 5.75 Å². The highest BCUT2D eigenvalue weighted by Crippen LogP contribution is 2.47. The number of urea groups is 1.